The van der Waals surface area contributed by atoms with Gasteiger partial charge in [0.2, 0.25) is 0 Å². The van der Waals surface area contributed by atoms with Gasteiger partial charge in [-0.1, -0.05) is 36.4 Å². The zero-order chi connectivity index (χ0) is 22.5. The molecule has 1 fully saturated rings. The predicted octanol–water partition coefficient (Wildman–Crippen LogP) is 4.85. The molecule has 1 aliphatic rings. The van der Waals surface area contributed by atoms with Crippen molar-refractivity contribution >= 4 is 51.3 Å². The van der Waals surface area contributed by atoms with Crippen LogP contribution in [0.5, 0.6) is 0 Å². The summed E-state index contributed by atoms with van der Waals surface area (Å²) in [5, 5.41) is 3.37. The highest BCUT2D eigenvalue weighted by molar-refractivity contribution is 8.00. The molecule has 1 saturated heterocycles. The van der Waals surface area contributed by atoms with Gasteiger partial charge in [-0.05, 0) is 54.4 Å². The van der Waals surface area contributed by atoms with Crippen molar-refractivity contribution in [3.8, 4) is 0 Å². The number of hydrogen-bond donors (Lipinski definition) is 2. The molecule has 33 heavy (non-hydrogen) atoms. The van der Waals surface area contributed by atoms with E-state index in [0.717, 1.165) is 26.5 Å². The molecule has 2 N–H and O–H groups in total. The Kier molecular flexibility index (Phi) is 6.82. The van der Waals surface area contributed by atoms with Crippen LogP contribution in [0.2, 0.25) is 0 Å². The van der Waals surface area contributed by atoms with E-state index >= 15 is 0 Å². The Balaban J connectivity index is 1.42. The normalized spacial score (nSPS) is 15.3. The molecule has 7 nitrogen and oxygen atoms in total. The molecule has 2 heterocycles. The van der Waals surface area contributed by atoms with Gasteiger partial charge in [-0.2, -0.15) is 0 Å². The maximum Gasteiger partial charge on any atom is 0.180 e. The van der Waals surface area contributed by atoms with E-state index < -0.39 is 11.0 Å². The number of fused-ring (bicyclic) bond motifs is 1. The van der Waals surface area contributed by atoms with Gasteiger partial charge in [-0.3, -0.25) is 0 Å². The van der Waals surface area contributed by atoms with Gasteiger partial charge in [0.05, 0.1) is 29.1 Å². The molecule has 0 radical (unpaired) electrons. The first kappa shape index (κ1) is 21.8. The number of morpholine rings is 1. The van der Waals surface area contributed by atoms with Crippen LogP contribution in [0.4, 0.5) is 17.3 Å². The Morgan fingerprint density at radius 1 is 0.848 bits per heavy atom. The van der Waals surface area contributed by atoms with E-state index in [1.54, 1.807) is 0 Å². The number of hydrogen-bond acceptors (Lipinski definition) is 7. The largest absolute Gasteiger partial charge is 0.379 e. The second-order valence-electron chi connectivity index (χ2n) is 7.37. The zero-order valence-electron chi connectivity index (χ0n) is 17.8. The Morgan fingerprint density at radius 3 is 2.30 bits per heavy atom. The first-order valence-electron chi connectivity index (χ1n) is 10.6. The summed E-state index contributed by atoms with van der Waals surface area (Å²) in [6.45, 7) is 2.52. The average molecular weight is 478 g/mol. The molecule has 168 valence electrons. The average Bonchev–Trinajstić information content (AvgIpc) is 2.88. The Labute approximate surface area is 199 Å². The number of aromatic nitrogens is 2. The van der Waals surface area contributed by atoms with Crippen molar-refractivity contribution in [1.82, 2.24) is 14.3 Å². The summed E-state index contributed by atoms with van der Waals surface area (Å²) in [4.78, 5) is 11.4. The van der Waals surface area contributed by atoms with Crippen molar-refractivity contribution < 1.29 is 8.95 Å². The number of rotatable bonds is 7. The highest BCUT2D eigenvalue weighted by atomic mass is 32.2. The number of benzene rings is 3. The molecule has 0 aliphatic carbocycles. The maximum atomic E-state index is 13.0. The number of nitrogens with zero attached hydrogens (tertiary/aromatic N) is 3. The molecule has 0 spiro atoms. The smallest absolute Gasteiger partial charge is 0.180 e. The van der Waals surface area contributed by atoms with Crippen LogP contribution in [0.15, 0.2) is 88.7 Å². The topological polar surface area (TPSA) is 79.4 Å². The fourth-order valence-corrected chi connectivity index (χ4v) is 5.29. The molecule has 1 aromatic heterocycles. The minimum atomic E-state index is -1.24. The molecule has 0 bridgehead atoms. The molecule has 3 aromatic carbocycles. The third-order valence-electron chi connectivity index (χ3n) is 5.08. The second-order valence-corrected chi connectivity index (χ2v) is 9.74. The van der Waals surface area contributed by atoms with Gasteiger partial charge in [0.15, 0.2) is 11.6 Å². The summed E-state index contributed by atoms with van der Waals surface area (Å²) in [5.41, 5.74) is 2.40. The van der Waals surface area contributed by atoms with Crippen LogP contribution in [0.3, 0.4) is 0 Å². The molecule has 1 aliphatic heterocycles. The van der Waals surface area contributed by atoms with E-state index in [1.807, 2.05) is 83.2 Å². The van der Waals surface area contributed by atoms with Gasteiger partial charge in [0.1, 0.15) is 11.0 Å². The summed E-state index contributed by atoms with van der Waals surface area (Å²) in [6.07, 6.45) is 0. The lowest BCUT2D eigenvalue weighted by Gasteiger charge is -2.25. The van der Waals surface area contributed by atoms with Crippen LogP contribution in [0.1, 0.15) is 0 Å². The molecule has 1 atom stereocenters. The third-order valence-corrected chi connectivity index (χ3v) is 7.38. The molecule has 5 rings (SSSR count). The summed E-state index contributed by atoms with van der Waals surface area (Å²) >= 11 is 1.47. The number of nitrogens with one attached hydrogen (secondary N) is 2. The highest BCUT2D eigenvalue weighted by Crippen LogP contribution is 2.29. The SMILES string of the molecule is O=S(c1cccc(Nc2nc3ccccc3nc2NSc2ccccc2)c1)N1CCOCC1. The van der Waals surface area contributed by atoms with Crippen LogP contribution < -0.4 is 10.0 Å². The molecular formula is C24H23N5O2S2. The Morgan fingerprint density at radius 2 is 1.55 bits per heavy atom. The second kappa shape index (κ2) is 10.3. The van der Waals surface area contributed by atoms with Crippen LogP contribution in [-0.2, 0) is 15.7 Å². The minimum Gasteiger partial charge on any atom is -0.379 e. The van der Waals surface area contributed by atoms with Gasteiger partial charge in [0.25, 0.3) is 0 Å². The molecule has 9 heteroatoms. The van der Waals surface area contributed by atoms with E-state index in [2.05, 4.69) is 10.0 Å². The van der Waals surface area contributed by atoms with E-state index in [-0.39, 0.29) is 0 Å². The van der Waals surface area contributed by atoms with Crippen molar-refractivity contribution in [2.75, 3.05) is 36.3 Å². The lowest BCUT2D eigenvalue weighted by atomic mass is 10.3. The maximum absolute atomic E-state index is 13.0. The molecule has 4 aromatic rings. The van der Waals surface area contributed by atoms with Gasteiger partial charge >= 0.3 is 0 Å². The van der Waals surface area contributed by atoms with E-state index in [9.17, 15) is 4.21 Å². The zero-order valence-corrected chi connectivity index (χ0v) is 19.4. The lowest BCUT2D eigenvalue weighted by Crippen LogP contribution is -2.37. The third kappa shape index (κ3) is 5.33. The van der Waals surface area contributed by atoms with Crippen molar-refractivity contribution in [2.24, 2.45) is 0 Å². The van der Waals surface area contributed by atoms with Crippen LogP contribution in [-0.4, -0.2) is 44.8 Å². The molecular weight excluding hydrogens is 454 g/mol. The first-order valence-corrected chi connectivity index (χ1v) is 12.5. The molecule has 1 unspecified atom stereocenters. The van der Waals surface area contributed by atoms with Gasteiger partial charge in [-0.25, -0.2) is 18.5 Å². The summed E-state index contributed by atoms with van der Waals surface area (Å²) in [7, 11) is -1.24. The Hall–Kier alpha value is -2.98. The van der Waals surface area contributed by atoms with Crippen LogP contribution in [0, 0.1) is 0 Å². The number of anilines is 3. The van der Waals surface area contributed by atoms with Crippen molar-refractivity contribution in [3.05, 3.63) is 78.9 Å². The summed E-state index contributed by atoms with van der Waals surface area (Å²) in [5.74, 6) is 1.23. The minimum absolute atomic E-state index is 0.602. The fraction of sp³-hybridized carbons (Fsp3) is 0.167. The monoisotopic (exact) mass is 477 g/mol. The molecule has 0 amide bonds. The van der Waals surface area contributed by atoms with Crippen molar-refractivity contribution in [3.63, 3.8) is 0 Å². The number of para-hydroxylation sites is 2. The predicted molar refractivity (Wildman–Crippen MR) is 134 cm³/mol. The highest BCUT2D eigenvalue weighted by Gasteiger charge is 2.19. The summed E-state index contributed by atoms with van der Waals surface area (Å²) < 4.78 is 23.7. The quantitative estimate of drug-likeness (QED) is 0.369. The summed E-state index contributed by atoms with van der Waals surface area (Å²) in [6, 6.07) is 25.4. The van der Waals surface area contributed by atoms with Crippen molar-refractivity contribution in [2.45, 2.75) is 9.79 Å². The van der Waals surface area contributed by atoms with Crippen molar-refractivity contribution in [1.29, 1.82) is 0 Å². The van der Waals surface area contributed by atoms with Crippen LogP contribution >= 0.6 is 11.9 Å². The lowest BCUT2D eigenvalue weighted by molar-refractivity contribution is 0.0752. The number of ether oxygens (including phenoxy) is 1. The van der Waals surface area contributed by atoms with Crippen LogP contribution in [0.25, 0.3) is 11.0 Å². The standard InChI is InChI=1S/C24H23N5O2S2/c30-33(29-13-15-31-16-14-29)20-10-6-7-18(17-20)25-23-24(28-32-19-8-2-1-3-9-19)27-22-12-5-4-11-21(22)26-23/h1-12,17H,13-16H2,(H,25,26)(H,27,28). The van der Waals surface area contributed by atoms with Gasteiger partial charge in [-0.15, -0.1) is 0 Å². The fourth-order valence-electron chi connectivity index (χ4n) is 3.43. The van der Waals surface area contributed by atoms with Gasteiger partial charge < -0.3 is 14.8 Å². The Bertz CT molecular complexity index is 1270. The van der Waals surface area contributed by atoms with E-state index in [4.69, 9.17) is 14.7 Å². The van der Waals surface area contributed by atoms with Gasteiger partial charge in [0, 0.05) is 23.7 Å². The first-order chi connectivity index (χ1) is 16.3. The molecule has 0 saturated carbocycles. The van der Waals surface area contributed by atoms with E-state index in [0.29, 0.717) is 37.9 Å². The van der Waals surface area contributed by atoms with E-state index in [1.165, 1.54) is 11.9 Å².